The van der Waals surface area contributed by atoms with Gasteiger partial charge in [0.25, 0.3) is 0 Å². The molecule has 82 valence electrons. The minimum absolute atomic E-state index is 0.446. The first kappa shape index (κ1) is 10.2. The van der Waals surface area contributed by atoms with Gasteiger partial charge in [0, 0.05) is 18.9 Å². The van der Waals surface area contributed by atoms with Gasteiger partial charge in [-0.25, -0.2) is 0 Å². The summed E-state index contributed by atoms with van der Waals surface area (Å²) in [6.45, 7) is 1.44. The molecule has 1 fully saturated rings. The van der Waals surface area contributed by atoms with Crippen molar-refractivity contribution >= 4 is 5.97 Å². The van der Waals surface area contributed by atoms with Crippen LogP contribution in [0.4, 0.5) is 0 Å². The molecule has 0 saturated heterocycles. The highest BCUT2D eigenvalue weighted by atomic mass is 16.4. The number of aliphatic carboxylic acids is 1. The zero-order chi connectivity index (χ0) is 10.7. The van der Waals surface area contributed by atoms with Gasteiger partial charge in [0.2, 0.25) is 0 Å². The van der Waals surface area contributed by atoms with E-state index >= 15 is 0 Å². The summed E-state index contributed by atoms with van der Waals surface area (Å²) in [5.41, 5.74) is 0.806. The van der Waals surface area contributed by atoms with Crippen LogP contribution in [0.25, 0.3) is 0 Å². The van der Waals surface area contributed by atoms with Crippen molar-refractivity contribution in [2.75, 3.05) is 13.1 Å². The number of aromatic amines is 1. The molecule has 15 heavy (non-hydrogen) atoms. The summed E-state index contributed by atoms with van der Waals surface area (Å²) >= 11 is 0. The zero-order valence-electron chi connectivity index (χ0n) is 8.62. The maximum atomic E-state index is 10.9. The molecule has 1 heterocycles. The van der Waals surface area contributed by atoms with Gasteiger partial charge >= 0.3 is 5.97 Å². The Morgan fingerprint density at radius 2 is 2.40 bits per heavy atom. The lowest BCUT2D eigenvalue weighted by Crippen LogP contribution is -2.31. The minimum Gasteiger partial charge on any atom is -0.481 e. The molecule has 0 bridgehead atoms. The van der Waals surface area contributed by atoms with Gasteiger partial charge in [-0.15, -0.1) is 0 Å². The standard InChI is InChI=1S/C11H16N2O2/c14-10(15)11(3-4-11)8-13-6-2-9-1-5-12-7-9/h1,5,7,12-13H,2-4,6,8H2,(H,14,15). The number of carbonyl (C=O) groups is 1. The normalized spacial score (nSPS) is 17.6. The predicted molar refractivity (Wildman–Crippen MR) is 56.7 cm³/mol. The Bertz CT molecular complexity index is 328. The Balaban J connectivity index is 1.66. The average Bonchev–Trinajstić information content (AvgIpc) is 2.83. The van der Waals surface area contributed by atoms with E-state index in [2.05, 4.69) is 10.3 Å². The van der Waals surface area contributed by atoms with Crippen molar-refractivity contribution in [3.8, 4) is 0 Å². The van der Waals surface area contributed by atoms with Crippen LogP contribution in [0, 0.1) is 5.41 Å². The van der Waals surface area contributed by atoms with E-state index < -0.39 is 11.4 Å². The van der Waals surface area contributed by atoms with Gasteiger partial charge in [0.1, 0.15) is 0 Å². The van der Waals surface area contributed by atoms with Crippen molar-refractivity contribution in [1.82, 2.24) is 10.3 Å². The zero-order valence-corrected chi connectivity index (χ0v) is 8.62. The highest BCUT2D eigenvalue weighted by molar-refractivity contribution is 5.78. The van der Waals surface area contributed by atoms with Crippen LogP contribution in [0.3, 0.4) is 0 Å². The van der Waals surface area contributed by atoms with Crippen LogP contribution in [0.1, 0.15) is 18.4 Å². The molecular formula is C11H16N2O2. The smallest absolute Gasteiger partial charge is 0.310 e. The van der Waals surface area contributed by atoms with E-state index in [4.69, 9.17) is 5.11 Å². The summed E-state index contributed by atoms with van der Waals surface area (Å²) in [6.07, 6.45) is 6.44. The predicted octanol–water partition coefficient (Wildman–Crippen LogP) is 1.01. The third kappa shape index (κ3) is 2.39. The van der Waals surface area contributed by atoms with Crippen molar-refractivity contribution in [1.29, 1.82) is 0 Å². The number of hydrogen-bond donors (Lipinski definition) is 3. The third-order valence-electron chi connectivity index (χ3n) is 3.02. The average molecular weight is 208 g/mol. The van der Waals surface area contributed by atoms with E-state index in [0.29, 0.717) is 6.54 Å². The lowest BCUT2D eigenvalue weighted by Gasteiger charge is -2.10. The van der Waals surface area contributed by atoms with Gasteiger partial charge in [-0.3, -0.25) is 4.79 Å². The summed E-state index contributed by atoms with van der Waals surface area (Å²) in [5.74, 6) is -0.656. The van der Waals surface area contributed by atoms with Crippen molar-refractivity contribution in [2.45, 2.75) is 19.3 Å². The molecule has 4 heteroatoms. The summed E-state index contributed by atoms with van der Waals surface area (Å²) in [4.78, 5) is 13.9. The lowest BCUT2D eigenvalue weighted by molar-refractivity contribution is -0.143. The van der Waals surface area contributed by atoms with Gasteiger partial charge < -0.3 is 15.4 Å². The van der Waals surface area contributed by atoms with Gasteiger partial charge in [-0.2, -0.15) is 0 Å². The fourth-order valence-corrected chi connectivity index (χ4v) is 1.69. The Labute approximate surface area is 88.7 Å². The summed E-state index contributed by atoms with van der Waals surface area (Å²) in [7, 11) is 0. The first-order valence-electron chi connectivity index (χ1n) is 5.29. The number of H-pyrrole nitrogens is 1. The number of aromatic nitrogens is 1. The van der Waals surface area contributed by atoms with Gasteiger partial charge in [0.15, 0.2) is 0 Å². The van der Waals surface area contributed by atoms with Gasteiger partial charge in [-0.1, -0.05) is 0 Å². The Kier molecular flexibility index (Phi) is 2.77. The largest absolute Gasteiger partial charge is 0.481 e. The van der Waals surface area contributed by atoms with E-state index in [1.54, 1.807) is 0 Å². The molecule has 0 unspecified atom stereocenters. The van der Waals surface area contributed by atoms with E-state index in [0.717, 1.165) is 25.8 Å². The number of rotatable bonds is 6. The van der Waals surface area contributed by atoms with Crippen LogP contribution in [0.5, 0.6) is 0 Å². The molecule has 1 aliphatic rings. The van der Waals surface area contributed by atoms with Gasteiger partial charge in [0.05, 0.1) is 5.41 Å². The molecule has 3 N–H and O–H groups in total. The second-order valence-electron chi connectivity index (χ2n) is 4.23. The molecular weight excluding hydrogens is 192 g/mol. The summed E-state index contributed by atoms with van der Waals surface area (Å²) in [5, 5.41) is 12.2. The Morgan fingerprint density at radius 1 is 1.60 bits per heavy atom. The lowest BCUT2D eigenvalue weighted by atomic mass is 10.1. The highest BCUT2D eigenvalue weighted by Crippen LogP contribution is 2.45. The molecule has 4 nitrogen and oxygen atoms in total. The molecule has 0 spiro atoms. The van der Waals surface area contributed by atoms with Crippen molar-refractivity contribution in [2.24, 2.45) is 5.41 Å². The van der Waals surface area contributed by atoms with Crippen LogP contribution in [-0.4, -0.2) is 29.1 Å². The molecule has 2 rings (SSSR count). The molecule has 0 amide bonds. The van der Waals surface area contributed by atoms with Crippen molar-refractivity contribution in [3.05, 3.63) is 24.0 Å². The van der Waals surface area contributed by atoms with E-state index in [9.17, 15) is 4.79 Å². The van der Waals surface area contributed by atoms with Crippen molar-refractivity contribution in [3.63, 3.8) is 0 Å². The Hall–Kier alpha value is -1.29. The first-order valence-corrected chi connectivity index (χ1v) is 5.29. The van der Waals surface area contributed by atoms with Crippen LogP contribution < -0.4 is 5.32 Å². The van der Waals surface area contributed by atoms with Gasteiger partial charge in [-0.05, 0) is 37.4 Å². The quantitative estimate of drug-likeness (QED) is 0.611. The maximum Gasteiger partial charge on any atom is 0.310 e. The monoisotopic (exact) mass is 208 g/mol. The van der Waals surface area contributed by atoms with Crippen LogP contribution in [-0.2, 0) is 11.2 Å². The molecule has 1 saturated carbocycles. The number of carboxylic acids is 1. The topological polar surface area (TPSA) is 65.1 Å². The Morgan fingerprint density at radius 3 is 2.93 bits per heavy atom. The highest BCUT2D eigenvalue weighted by Gasteiger charge is 2.49. The molecule has 0 aromatic carbocycles. The number of hydrogen-bond acceptors (Lipinski definition) is 2. The second-order valence-corrected chi connectivity index (χ2v) is 4.23. The molecule has 1 aromatic rings. The molecule has 0 aliphatic heterocycles. The molecule has 1 aromatic heterocycles. The summed E-state index contributed by atoms with van der Waals surface area (Å²) in [6, 6.07) is 2.03. The minimum atomic E-state index is -0.656. The number of carboxylic acid groups (broad SMARTS) is 1. The van der Waals surface area contributed by atoms with Crippen molar-refractivity contribution < 1.29 is 9.90 Å². The van der Waals surface area contributed by atoms with E-state index in [1.807, 2.05) is 18.5 Å². The van der Waals surface area contributed by atoms with Crippen LogP contribution in [0.15, 0.2) is 18.5 Å². The van der Waals surface area contributed by atoms with Crippen LogP contribution >= 0.6 is 0 Å². The first-order chi connectivity index (χ1) is 7.23. The van der Waals surface area contributed by atoms with E-state index in [-0.39, 0.29) is 0 Å². The fourth-order valence-electron chi connectivity index (χ4n) is 1.69. The van der Waals surface area contributed by atoms with Crippen LogP contribution in [0.2, 0.25) is 0 Å². The summed E-state index contributed by atoms with van der Waals surface area (Å²) < 4.78 is 0. The van der Waals surface area contributed by atoms with E-state index in [1.165, 1.54) is 5.56 Å². The third-order valence-corrected chi connectivity index (χ3v) is 3.02. The maximum absolute atomic E-state index is 10.9. The molecule has 0 atom stereocenters. The molecule has 1 aliphatic carbocycles. The SMILES string of the molecule is O=C(O)C1(CNCCc2cc[nH]c2)CC1. The number of nitrogens with one attached hydrogen (secondary N) is 2. The molecule has 0 radical (unpaired) electrons. The second kappa shape index (κ2) is 4.06. The fraction of sp³-hybridized carbons (Fsp3) is 0.545.